The first-order valence-electron chi connectivity index (χ1n) is 5.60. The van der Waals surface area contributed by atoms with Gasteiger partial charge in [-0.15, -0.1) is 0 Å². The van der Waals surface area contributed by atoms with Gasteiger partial charge in [0.1, 0.15) is 5.76 Å². The molecule has 0 amide bonds. The Morgan fingerprint density at radius 2 is 2.11 bits per heavy atom. The molecule has 2 aromatic heterocycles. The summed E-state index contributed by atoms with van der Waals surface area (Å²) < 4.78 is 5.49. The minimum Gasteiger partial charge on any atom is -0.460 e. The molecule has 2 heterocycles. The predicted octanol–water partition coefficient (Wildman–Crippen LogP) is 4.35. The lowest BCUT2D eigenvalue weighted by Gasteiger charge is -2.01. The second-order valence-corrected chi connectivity index (χ2v) is 4.13. The van der Waals surface area contributed by atoms with Gasteiger partial charge in [0.2, 0.25) is 0 Å². The van der Waals surface area contributed by atoms with Gasteiger partial charge in [-0.3, -0.25) is 4.98 Å². The van der Waals surface area contributed by atoms with E-state index in [4.69, 9.17) is 11.0 Å². The molecule has 1 aromatic carbocycles. The molecule has 86 valence electrons. The minimum absolute atomic E-state index is 0.623. The highest BCUT2D eigenvalue weighted by atomic mass is 16.3. The third-order valence-corrected chi connectivity index (χ3v) is 2.80. The summed E-state index contributed by atoms with van der Waals surface area (Å²) in [5.74, 6) is 0.874. The molecule has 18 heavy (non-hydrogen) atoms. The molecule has 0 fully saturated rings. The number of rotatable bonds is 1. The summed E-state index contributed by atoms with van der Waals surface area (Å²) in [5.41, 5.74) is 3.22. The lowest BCUT2D eigenvalue weighted by Crippen LogP contribution is -1.81. The molecule has 3 rings (SSSR count). The molecule has 0 saturated heterocycles. The van der Waals surface area contributed by atoms with Gasteiger partial charge < -0.3 is 4.42 Å². The lowest BCUT2D eigenvalue weighted by molar-refractivity contribution is 0.577. The third-order valence-electron chi connectivity index (χ3n) is 2.80. The van der Waals surface area contributed by atoms with Crippen LogP contribution in [-0.2, 0) is 0 Å². The Hall–Kier alpha value is -2.60. The Labute approximate surface area is 105 Å². The number of hydrogen-bond donors (Lipinski definition) is 0. The molecular weight excluding hydrogens is 224 g/mol. The first-order chi connectivity index (χ1) is 8.76. The fourth-order valence-electron chi connectivity index (χ4n) is 1.97. The molecule has 3 nitrogen and oxygen atoms in total. The van der Waals surface area contributed by atoms with Crippen molar-refractivity contribution in [2.75, 3.05) is 0 Å². The van der Waals surface area contributed by atoms with E-state index in [1.807, 2.05) is 37.3 Å². The largest absolute Gasteiger partial charge is 0.460 e. The van der Waals surface area contributed by atoms with Crippen LogP contribution in [-0.4, -0.2) is 4.98 Å². The molecule has 0 atom stereocenters. The number of furan rings is 1. The van der Waals surface area contributed by atoms with Crippen LogP contribution in [0.3, 0.4) is 0 Å². The van der Waals surface area contributed by atoms with E-state index in [0.717, 1.165) is 28.0 Å². The maximum atomic E-state index is 7.03. The SMILES string of the molecule is [C-]#[N+]c1cccc(-c2cc3cc(C)oc3cn2)c1. The first kappa shape index (κ1) is 10.5. The average Bonchev–Trinajstić information content (AvgIpc) is 2.77. The van der Waals surface area contributed by atoms with E-state index in [0.29, 0.717) is 5.69 Å². The standard InChI is InChI=1S/C15H10N2O/c1-10-6-12-8-14(17-9-15(12)18-10)11-4-3-5-13(7-11)16-2/h3-9H,1H3. The summed E-state index contributed by atoms with van der Waals surface area (Å²) in [6.07, 6.45) is 1.72. The fourth-order valence-corrected chi connectivity index (χ4v) is 1.97. The van der Waals surface area contributed by atoms with Gasteiger partial charge in [0.25, 0.3) is 0 Å². The van der Waals surface area contributed by atoms with Crippen LogP contribution >= 0.6 is 0 Å². The van der Waals surface area contributed by atoms with E-state index in [-0.39, 0.29) is 0 Å². The van der Waals surface area contributed by atoms with Crippen molar-refractivity contribution in [3.63, 3.8) is 0 Å². The molecule has 0 unspecified atom stereocenters. The number of nitrogens with zero attached hydrogens (tertiary/aromatic N) is 2. The smallest absolute Gasteiger partial charge is 0.187 e. The van der Waals surface area contributed by atoms with Crippen molar-refractivity contribution in [3.05, 3.63) is 59.8 Å². The van der Waals surface area contributed by atoms with Crippen LogP contribution < -0.4 is 0 Å². The Morgan fingerprint density at radius 1 is 1.22 bits per heavy atom. The number of fused-ring (bicyclic) bond motifs is 1. The summed E-state index contributed by atoms with van der Waals surface area (Å²) in [7, 11) is 0. The number of aromatic nitrogens is 1. The van der Waals surface area contributed by atoms with Gasteiger partial charge in [0, 0.05) is 5.39 Å². The molecule has 0 spiro atoms. The zero-order valence-corrected chi connectivity index (χ0v) is 9.84. The Bertz CT molecular complexity index is 766. The summed E-state index contributed by atoms with van der Waals surface area (Å²) >= 11 is 0. The molecule has 3 heteroatoms. The van der Waals surface area contributed by atoms with E-state index in [2.05, 4.69) is 9.83 Å². The predicted molar refractivity (Wildman–Crippen MR) is 70.4 cm³/mol. The average molecular weight is 234 g/mol. The second-order valence-electron chi connectivity index (χ2n) is 4.13. The minimum atomic E-state index is 0.623. The summed E-state index contributed by atoms with van der Waals surface area (Å²) in [6, 6.07) is 11.4. The number of pyridine rings is 1. The highest BCUT2D eigenvalue weighted by Gasteiger charge is 2.05. The van der Waals surface area contributed by atoms with Gasteiger partial charge in [-0.2, -0.15) is 0 Å². The van der Waals surface area contributed by atoms with Crippen molar-refractivity contribution < 1.29 is 4.42 Å². The lowest BCUT2D eigenvalue weighted by atomic mass is 10.1. The van der Waals surface area contributed by atoms with Crippen LogP contribution in [0.25, 0.3) is 27.1 Å². The number of benzene rings is 1. The van der Waals surface area contributed by atoms with E-state index < -0.39 is 0 Å². The highest BCUT2D eigenvalue weighted by molar-refractivity contribution is 5.82. The Morgan fingerprint density at radius 3 is 2.94 bits per heavy atom. The van der Waals surface area contributed by atoms with Gasteiger partial charge in [-0.05, 0) is 30.7 Å². The normalized spacial score (nSPS) is 10.4. The maximum absolute atomic E-state index is 7.03. The zero-order valence-electron chi connectivity index (χ0n) is 9.84. The number of hydrogen-bond acceptors (Lipinski definition) is 2. The Kier molecular flexibility index (Phi) is 2.35. The monoisotopic (exact) mass is 234 g/mol. The van der Waals surface area contributed by atoms with Crippen LogP contribution in [0.2, 0.25) is 0 Å². The van der Waals surface area contributed by atoms with Crippen LogP contribution in [0.15, 0.2) is 47.0 Å². The maximum Gasteiger partial charge on any atom is 0.187 e. The topological polar surface area (TPSA) is 30.4 Å². The van der Waals surface area contributed by atoms with Crippen LogP contribution in [0.1, 0.15) is 5.76 Å². The van der Waals surface area contributed by atoms with Crippen LogP contribution in [0.5, 0.6) is 0 Å². The molecule has 0 saturated carbocycles. The van der Waals surface area contributed by atoms with Gasteiger partial charge >= 0.3 is 0 Å². The highest BCUT2D eigenvalue weighted by Crippen LogP contribution is 2.26. The Balaban J connectivity index is 2.16. The third kappa shape index (κ3) is 1.74. The molecule has 3 aromatic rings. The van der Waals surface area contributed by atoms with Crippen LogP contribution in [0.4, 0.5) is 5.69 Å². The van der Waals surface area contributed by atoms with Crippen molar-refractivity contribution in [2.45, 2.75) is 6.92 Å². The molecule has 0 aliphatic rings. The molecule has 0 aliphatic carbocycles. The van der Waals surface area contributed by atoms with Crippen molar-refractivity contribution in [1.29, 1.82) is 0 Å². The zero-order chi connectivity index (χ0) is 12.5. The van der Waals surface area contributed by atoms with E-state index >= 15 is 0 Å². The van der Waals surface area contributed by atoms with E-state index in [9.17, 15) is 0 Å². The summed E-state index contributed by atoms with van der Waals surface area (Å²) in [6.45, 7) is 8.94. The van der Waals surface area contributed by atoms with Gasteiger partial charge in [-0.1, -0.05) is 18.2 Å². The van der Waals surface area contributed by atoms with E-state index in [1.54, 1.807) is 12.3 Å². The van der Waals surface area contributed by atoms with Crippen LogP contribution in [0, 0.1) is 13.5 Å². The summed E-state index contributed by atoms with van der Waals surface area (Å²) in [4.78, 5) is 7.80. The van der Waals surface area contributed by atoms with Crippen molar-refractivity contribution in [1.82, 2.24) is 4.98 Å². The first-order valence-corrected chi connectivity index (χ1v) is 5.60. The molecule has 0 radical (unpaired) electrons. The molecule has 0 bridgehead atoms. The molecular formula is C15H10N2O. The number of aryl methyl sites for hydroxylation is 1. The quantitative estimate of drug-likeness (QED) is 0.586. The molecule has 0 aliphatic heterocycles. The van der Waals surface area contributed by atoms with Crippen molar-refractivity contribution in [2.24, 2.45) is 0 Å². The summed E-state index contributed by atoms with van der Waals surface area (Å²) in [5, 5.41) is 1.03. The van der Waals surface area contributed by atoms with Gasteiger partial charge in [-0.25, -0.2) is 4.85 Å². The fraction of sp³-hybridized carbons (Fsp3) is 0.0667. The molecule has 0 N–H and O–H groups in total. The van der Waals surface area contributed by atoms with Crippen molar-refractivity contribution >= 4 is 16.7 Å². The van der Waals surface area contributed by atoms with Crippen molar-refractivity contribution in [3.8, 4) is 11.3 Å². The second kappa shape index (κ2) is 4.01. The van der Waals surface area contributed by atoms with Gasteiger partial charge in [0.05, 0.1) is 18.5 Å². The van der Waals surface area contributed by atoms with Gasteiger partial charge in [0.15, 0.2) is 11.3 Å². The van der Waals surface area contributed by atoms with E-state index in [1.165, 1.54) is 0 Å².